The Morgan fingerprint density at radius 2 is 1.90 bits per heavy atom. The lowest BCUT2D eigenvalue weighted by atomic mass is 10.1. The molecule has 1 saturated heterocycles. The Hall–Kier alpha value is -3.48. The van der Waals surface area contributed by atoms with Crippen molar-refractivity contribution in [3.63, 3.8) is 0 Å². The number of amides is 1. The Morgan fingerprint density at radius 1 is 1.13 bits per heavy atom. The summed E-state index contributed by atoms with van der Waals surface area (Å²) in [4.78, 5) is 27.3. The largest absolute Gasteiger partial charge is 0.496 e. The van der Waals surface area contributed by atoms with Gasteiger partial charge in [-0.15, -0.1) is 0 Å². The number of likely N-dealkylation sites (tertiary alicyclic amines) is 1. The van der Waals surface area contributed by atoms with Gasteiger partial charge in [0.1, 0.15) is 11.6 Å². The number of halogens is 1. The molecule has 0 unspecified atom stereocenters. The molecular formula is C24H24FN3O3. The topological polar surface area (TPSA) is 64.4 Å². The van der Waals surface area contributed by atoms with E-state index in [4.69, 9.17) is 4.74 Å². The lowest BCUT2D eigenvalue weighted by molar-refractivity contribution is -0.131. The van der Waals surface area contributed by atoms with Crippen molar-refractivity contribution in [2.24, 2.45) is 0 Å². The van der Waals surface area contributed by atoms with Gasteiger partial charge in [0.05, 0.1) is 31.8 Å². The molecule has 160 valence electrons. The number of ether oxygens (including phenoxy) is 1. The van der Waals surface area contributed by atoms with E-state index in [0.717, 1.165) is 24.0 Å². The highest BCUT2D eigenvalue weighted by molar-refractivity contribution is 5.80. The lowest BCUT2D eigenvalue weighted by Gasteiger charge is -2.25. The second-order valence-electron chi connectivity index (χ2n) is 7.62. The maximum atomic E-state index is 13.2. The molecule has 1 aliphatic heterocycles. The van der Waals surface area contributed by atoms with Gasteiger partial charge >= 0.3 is 0 Å². The van der Waals surface area contributed by atoms with E-state index in [0.29, 0.717) is 24.5 Å². The van der Waals surface area contributed by atoms with Crippen LogP contribution >= 0.6 is 0 Å². The number of para-hydroxylation sites is 1. The number of carbonyl (C=O) groups is 1. The van der Waals surface area contributed by atoms with Gasteiger partial charge < -0.3 is 9.64 Å². The predicted octanol–water partition coefficient (Wildman–Crippen LogP) is 3.29. The van der Waals surface area contributed by atoms with Crippen molar-refractivity contribution in [3.8, 4) is 17.0 Å². The summed E-state index contributed by atoms with van der Waals surface area (Å²) in [6.07, 6.45) is 1.94. The third-order valence-electron chi connectivity index (χ3n) is 5.62. The van der Waals surface area contributed by atoms with Gasteiger partial charge in [-0.05, 0) is 49.2 Å². The van der Waals surface area contributed by atoms with E-state index in [-0.39, 0.29) is 29.7 Å². The Balaban J connectivity index is 1.52. The SMILES string of the molecule is COc1ccccc1CC(=O)N1CCC[C@H]1Cn1nc(-c2ccc(F)cc2)ccc1=O. The van der Waals surface area contributed by atoms with Crippen molar-refractivity contribution in [1.82, 2.24) is 14.7 Å². The first kappa shape index (κ1) is 20.8. The van der Waals surface area contributed by atoms with Crippen LogP contribution in [0.5, 0.6) is 5.75 Å². The second-order valence-corrected chi connectivity index (χ2v) is 7.62. The summed E-state index contributed by atoms with van der Waals surface area (Å²) in [6, 6.07) is 16.5. The zero-order chi connectivity index (χ0) is 21.8. The average molecular weight is 421 g/mol. The van der Waals surface area contributed by atoms with E-state index < -0.39 is 0 Å². The summed E-state index contributed by atoms with van der Waals surface area (Å²) < 4.78 is 20.0. The zero-order valence-corrected chi connectivity index (χ0v) is 17.3. The van der Waals surface area contributed by atoms with Gasteiger partial charge in [-0.1, -0.05) is 18.2 Å². The summed E-state index contributed by atoms with van der Waals surface area (Å²) in [6.45, 7) is 0.983. The van der Waals surface area contributed by atoms with Crippen molar-refractivity contribution in [3.05, 3.63) is 82.4 Å². The zero-order valence-electron chi connectivity index (χ0n) is 17.3. The first-order valence-electron chi connectivity index (χ1n) is 10.3. The summed E-state index contributed by atoms with van der Waals surface area (Å²) in [5, 5.41) is 4.46. The van der Waals surface area contributed by atoms with Crippen molar-refractivity contribution in [2.45, 2.75) is 31.8 Å². The van der Waals surface area contributed by atoms with Crippen LogP contribution in [0.25, 0.3) is 11.3 Å². The molecule has 6 nitrogen and oxygen atoms in total. The van der Waals surface area contributed by atoms with Crippen LogP contribution < -0.4 is 10.3 Å². The Labute approximate surface area is 179 Å². The van der Waals surface area contributed by atoms with E-state index in [2.05, 4.69) is 5.10 Å². The monoisotopic (exact) mass is 421 g/mol. The second kappa shape index (κ2) is 9.12. The van der Waals surface area contributed by atoms with Gasteiger partial charge in [0.15, 0.2) is 0 Å². The molecule has 0 N–H and O–H groups in total. The Bertz CT molecular complexity index is 1130. The third kappa shape index (κ3) is 4.66. The molecule has 2 heterocycles. The molecule has 1 amide bonds. The third-order valence-corrected chi connectivity index (χ3v) is 5.62. The van der Waals surface area contributed by atoms with Crippen LogP contribution in [0.3, 0.4) is 0 Å². The number of hydrogen-bond acceptors (Lipinski definition) is 4. The average Bonchev–Trinajstić information content (AvgIpc) is 3.24. The maximum absolute atomic E-state index is 13.2. The number of methoxy groups -OCH3 is 1. The molecule has 2 aromatic carbocycles. The number of benzene rings is 2. The number of carbonyl (C=O) groups excluding carboxylic acids is 1. The fourth-order valence-electron chi connectivity index (χ4n) is 4.02. The standard InChI is InChI=1S/C24H24FN3O3/c1-31-22-7-3-2-5-18(22)15-24(30)27-14-4-6-20(27)16-28-23(29)13-12-21(26-28)17-8-10-19(25)11-9-17/h2-3,5,7-13,20H,4,6,14-16H2,1H3/t20-/m0/s1. The quantitative estimate of drug-likeness (QED) is 0.613. The molecule has 3 aromatic rings. The van der Waals surface area contributed by atoms with E-state index >= 15 is 0 Å². The van der Waals surface area contributed by atoms with E-state index in [1.807, 2.05) is 29.2 Å². The van der Waals surface area contributed by atoms with Crippen LogP contribution in [0.4, 0.5) is 4.39 Å². The number of aromatic nitrogens is 2. The summed E-state index contributed by atoms with van der Waals surface area (Å²) in [5.74, 6) is 0.374. The normalized spacial score (nSPS) is 15.8. The highest BCUT2D eigenvalue weighted by Gasteiger charge is 2.30. The number of hydrogen-bond donors (Lipinski definition) is 0. The van der Waals surface area contributed by atoms with Crippen LogP contribution in [0.2, 0.25) is 0 Å². The summed E-state index contributed by atoms with van der Waals surface area (Å²) in [7, 11) is 1.59. The van der Waals surface area contributed by atoms with Crippen LogP contribution in [-0.4, -0.2) is 40.3 Å². The van der Waals surface area contributed by atoms with Crippen LogP contribution in [-0.2, 0) is 17.8 Å². The molecule has 31 heavy (non-hydrogen) atoms. The molecular weight excluding hydrogens is 397 g/mol. The lowest BCUT2D eigenvalue weighted by Crippen LogP contribution is -2.41. The summed E-state index contributed by atoms with van der Waals surface area (Å²) in [5.41, 5.74) is 1.93. The molecule has 0 saturated carbocycles. The molecule has 1 fully saturated rings. The predicted molar refractivity (Wildman–Crippen MR) is 115 cm³/mol. The number of nitrogens with zero attached hydrogens (tertiary/aromatic N) is 3. The maximum Gasteiger partial charge on any atom is 0.266 e. The highest BCUT2D eigenvalue weighted by Crippen LogP contribution is 2.23. The smallest absolute Gasteiger partial charge is 0.266 e. The van der Waals surface area contributed by atoms with E-state index in [9.17, 15) is 14.0 Å². The molecule has 0 aliphatic carbocycles. The molecule has 0 spiro atoms. The van der Waals surface area contributed by atoms with Crippen molar-refractivity contribution >= 4 is 5.91 Å². The first-order chi connectivity index (χ1) is 15.0. The van der Waals surface area contributed by atoms with Gasteiger partial charge in [-0.3, -0.25) is 9.59 Å². The minimum Gasteiger partial charge on any atom is -0.496 e. The van der Waals surface area contributed by atoms with Crippen LogP contribution in [0.1, 0.15) is 18.4 Å². The first-order valence-corrected chi connectivity index (χ1v) is 10.3. The van der Waals surface area contributed by atoms with Crippen molar-refractivity contribution in [1.29, 1.82) is 0 Å². The molecule has 1 aromatic heterocycles. The van der Waals surface area contributed by atoms with Crippen LogP contribution in [0, 0.1) is 5.82 Å². The molecule has 4 rings (SSSR count). The Kier molecular flexibility index (Phi) is 6.11. The minimum absolute atomic E-state index is 0.00902. The fourth-order valence-corrected chi connectivity index (χ4v) is 4.02. The van der Waals surface area contributed by atoms with E-state index in [1.165, 1.54) is 22.9 Å². The Morgan fingerprint density at radius 3 is 2.68 bits per heavy atom. The fraction of sp³-hybridized carbons (Fsp3) is 0.292. The molecule has 0 radical (unpaired) electrons. The van der Waals surface area contributed by atoms with Gasteiger partial charge in [-0.2, -0.15) is 5.10 Å². The molecule has 7 heteroatoms. The van der Waals surface area contributed by atoms with Crippen molar-refractivity contribution in [2.75, 3.05) is 13.7 Å². The highest BCUT2D eigenvalue weighted by atomic mass is 19.1. The van der Waals surface area contributed by atoms with Crippen molar-refractivity contribution < 1.29 is 13.9 Å². The molecule has 1 aliphatic rings. The molecule has 1 atom stereocenters. The van der Waals surface area contributed by atoms with Gasteiger partial charge in [0.25, 0.3) is 5.56 Å². The van der Waals surface area contributed by atoms with E-state index in [1.54, 1.807) is 25.3 Å². The summed E-state index contributed by atoms with van der Waals surface area (Å²) >= 11 is 0. The van der Waals surface area contributed by atoms with Gasteiger partial charge in [0.2, 0.25) is 5.91 Å². The van der Waals surface area contributed by atoms with Gasteiger partial charge in [-0.25, -0.2) is 9.07 Å². The van der Waals surface area contributed by atoms with Gasteiger partial charge in [0, 0.05) is 23.7 Å². The van der Waals surface area contributed by atoms with Crippen LogP contribution in [0.15, 0.2) is 65.5 Å². The number of rotatable bonds is 6. The molecule has 0 bridgehead atoms. The minimum atomic E-state index is -0.327.